The van der Waals surface area contributed by atoms with Crippen LogP contribution in [-0.4, -0.2) is 14.5 Å². The first-order valence-corrected chi connectivity index (χ1v) is 8.74. The molecule has 1 aromatic carbocycles. The van der Waals surface area contributed by atoms with Gasteiger partial charge in [-0.2, -0.15) is 0 Å². The summed E-state index contributed by atoms with van der Waals surface area (Å²) in [6.07, 6.45) is 7.59. The molecule has 4 aromatic rings. The lowest BCUT2D eigenvalue weighted by atomic mass is 10.2. The number of fused-ring (bicyclic) bond motifs is 1. The van der Waals surface area contributed by atoms with Crippen molar-refractivity contribution >= 4 is 39.2 Å². The van der Waals surface area contributed by atoms with Gasteiger partial charge in [0.2, 0.25) is 5.89 Å². The monoisotopic (exact) mass is 393 g/mol. The van der Waals surface area contributed by atoms with Crippen molar-refractivity contribution in [3.05, 3.63) is 76.1 Å². The third-order valence-corrected chi connectivity index (χ3v) is 4.64. The predicted molar refractivity (Wildman–Crippen MR) is 104 cm³/mol. The Balaban J connectivity index is 1.69. The first-order valence-electron chi connectivity index (χ1n) is 7.95. The van der Waals surface area contributed by atoms with E-state index in [2.05, 4.69) is 56.4 Å². The van der Waals surface area contributed by atoms with Crippen LogP contribution in [0.5, 0.6) is 0 Å². The summed E-state index contributed by atoms with van der Waals surface area (Å²) >= 11 is 3.45. The highest BCUT2D eigenvalue weighted by Crippen LogP contribution is 2.24. The van der Waals surface area contributed by atoms with E-state index in [1.807, 2.05) is 42.6 Å². The van der Waals surface area contributed by atoms with E-state index in [1.165, 1.54) is 0 Å². The summed E-state index contributed by atoms with van der Waals surface area (Å²) in [4.78, 5) is 8.72. The standard InChI is InChI=1S/C20H16BrN3O/c1-13-10-15(14(2)24(13)17-4-3-9-22-12-17)5-8-20-23-18-11-16(21)6-7-19(18)25-20/h3-12H,1-2H3/b8-5+. The van der Waals surface area contributed by atoms with Crippen molar-refractivity contribution in [2.75, 3.05) is 0 Å². The quantitative estimate of drug-likeness (QED) is 0.457. The van der Waals surface area contributed by atoms with Crippen LogP contribution >= 0.6 is 15.9 Å². The Bertz CT molecular complexity index is 1080. The molecule has 0 unspecified atom stereocenters. The minimum Gasteiger partial charge on any atom is -0.437 e. The van der Waals surface area contributed by atoms with E-state index in [0.717, 1.165) is 38.2 Å². The van der Waals surface area contributed by atoms with Gasteiger partial charge in [0.1, 0.15) is 5.52 Å². The number of pyridine rings is 1. The van der Waals surface area contributed by atoms with Gasteiger partial charge in [-0.3, -0.25) is 4.98 Å². The van der Waals surface area contributed by atoms with Gasteiger partial charge in [-0.15, -0.1) is 0 Å². The molecular formula is C20H16BrN3O. The molecule has 0 aliphatic carbocycles. The van der Waals surface area contributed by atoms with Crippen molar-refractivity contribution in [2.24, 2.45) is 0 Å². The smallest absolute Gasteiger partial charge is 0.220 e. The number of hydrogen-bond donors (Lipinski definition) is 0. The zero-order valence-corrected chi connectivity index (χ0v) is 15.5. The Morgan fingerprint density at radius 2 is 2.00 bits per heavy atom. The van der Waals surface area contributed by atoms with Crippen LogP contribution in [0.2, 0.25) is 0 Å². The van der Waals surface area contributed by atoms with Crippen molar-refractivity contribution in [3.63, 3.8) is 0 Å². The van der Waals surface area contributed by atoms with E-state index in [0.29, 0.717) is 5.89 Å². The molecule has 0 spiro atoms. The Morgan fingerprint density at radius 1 is 1.12 bits per heavy atom. The van der Waals surface area contributed by atoms with Crippen molar-refractivity contribution in [2.45, 2.75) is 13.8 Å². The van der Waals surface area contributed by atoms with Gasteiger partial charge in [0.25, 0.3) is 0 Å². The molecule has 0 aliphatic heterocycles. The fraction of sp³-hybridized carbons (Fsp3) is 0.100. The van der Waals surface area contributed by atoms with Crippen LogP contribution in [0.1, 0.15) is 22.8 Å². The van der Waals surface area contributed by atoms with Crippen LogP contribution in [0.25, 0.3) is 28.9 Å². The third kappa shape index (κ3) is 3.03. The molecular weight excluding hydrogens is 378 g/mol. The molecule has 0 aliphatic rings. The van der Waals surface area contributed by atoms with Gasteiger partial charge in [0.15, 0.2) is 5.58 Å². The minimum atomic E-state index is 0.597. The van der Waals surface area contributed by atoms with Gasteiger partial charge in [0.05, 0.1) is 11.9 Å². The van der Waals surface area contributed by atoms with Crippen LogP contribution in [0, 0.1) is 13.8 Å². The molecule has 0 radical (unpaired) electrons. The van der Waals surface area contributed by atoms with Crippen LogP contribution in [-0.2, 0) is 0 Å². The number of oxazole rings is 1. The van der Waals surface area contributed by atoms with Gasteiger partial charge in [0, 0.05) is 28.1 Å². The highest BCUT2D eigenvalue weighted by Gasteiger charge is 2.09. The van der Waals surface area contributed by atoms with Crippen molar-refractivity contribution in [1.82, 2.24) is 14.5 Å². The molecule has 3 heterocycles. The van der Waals surface area contributed by atoms with Gasteiger partial charge >= 0.3 is 0 Å². The zero-order valence-electron chi connectivity index (χ0n) is 13.9. The third-order valence-electron chi connectivity index (χ3n) is 4.15. The Morgan fingerprint density at radius 3 is 2.80 bits per heavy atom. The molecule has 0 atom stereocenters. The van der Waals surface area contributed by atoms with E-state index < -0.39 is 0 Å². The largest absolute Gasteiger partial charge is 0.437 e. The number of rotatable bonds is 3. The maximum atomic E-state index is 5.77. The van der Waals surface area contributed by atoms with Crippen molar-refractivity contribution in [3.8, 4) is 5.69 Å². The van der Waals surface area contributed by atoms with Gasteiger partial charge in [-0.05, 0) is 61.9 Å². The normalized spacial score (nSPS) is 11.6. The second kappa shape index (κ2) is 6.33. The molecule has 124 valence electrons. The number of aryl methyl sites for hydroxylation is 1. The summed E-state index contributed by atoms with van der Waals surface area (Å²) in [5.74, 6) is 0.597. The number of nitrogens with zero attached hydrogens (tertiary/aromatic N) is 3. The Hall–Kier alpha value is -2.66. The van der Waals surface area contributed by atoms with Gasteiger partial charge < -0.3 is 8.98 Å². The maximum Gasteiger partial charge on any atom is 0.220 e. The van der Waals surface area contributed by atoms with Crippen LogP contribution in [0.3, 0.4) is 0 Å². The van der Waals surface area contributed by atoms with E-state index in [-0.39, 0.29) is 0 Å². The molecule has 0 saturated carbocycles. The first-order chi connectivity index (χ1) is 12.1. The lowest BCUT2D eigenvalue weighted by molar-refractivity contribution is 0.589. The Labute approximate surface area is 154 Å². The molecule has 0 bridgehead atoms. The molecule has 4 nitrogen and oxygen atoms in total. The maximum absolute atomic E-state index is 5.77. The highest BCUT2D eigenvalue weighted by atomic mass is 79.9. The Kier molecular flexibility index (Phi) is 4.01. The summed E-state index contributed by atoms with van der Waals surface area (Å²) < 4.78 is 8.95. The minimum absolute atomic E-state index is 0.597. The topological polar surface area (TPSA) is 43.9 Å². The summed E-state index contributed by atoms with van der Waals surface area (Å²) in [5.41, 5.74) is 6.12. The zero-order chi connectivity index (χ0) is 17.4. The summed E-state index contributed by atoms with van der Waals surface area (Å²) in [6, 6.07) is 12.0. The number of hydrogen-bond acceptors (Lipinski definition) is 3. The van der Waals surface area contributed by atoms with Crippen LogP contribution in [0.4, 0.5) is 0 Å². The molecule has 0 amide bonds. The van der Waals surface area contributed by atoms with E-state index >= 15 is 0 Å². The van der Waals surface area contributed by atoms with Crippen LogP contribution in [0.15, 0.2) is 57.7 Å². The average molecular weight is 394 g/mol. The fourth-order valence-electron chi connectivity index (χ4n) is 2.99. The molecule has 0 N–H and O–H groups in total. The predicted octanol–water partition coefficient (Wildman–Crippen LogP) is 5.56. The number of aromatic nitrogens is 3. The fourth-order valence-corrected chi connectivity index (χ4v) is 3.34. The van der Waals surface area contributed by atoms with E-state index in [4.69, 9.17) is 4.42 Å². The molecule has 0 fully saturated rings. The van der Waals surface area contributed by atoms with E-state index in [9.17, 15) is 0 Å². The number of halogens is 1. The lowest BCUT2D eigenvalue weighted by Crippen LogP contribution is -1.99. The van der Waals surface area contributed by atoms with Crippen molar-refractivity contribution < 1.29 is 4.42 Å². The molecule has 3 aromatic heterocycles. The molecule has 25 heavy (non-hydrogen) atoms. The summed E-state index contributed by atoms with van der Waals surface area (Å²) in [6.45, 7) is 4.19. The van der Waals surface area contributed by atoms with E-state index in [1.54, 1.807) is 6.20 Å². The molecule has 4 rings (SSSR count). The number of benzene rings is 1. The van der Waals surface area contributed by atoms with Gasteiger partial charge in [-0.1, -0.05) is 15.9 Å². The lowest BCUT2D eigenvalue weighted by Gasteiger charge is -2.08. The SMILES string of the molecule is Cc1cc(/C=C/c2nc3cc(Br)ccc3o2)c(C)n1-c1cccnc1. The van der Waals surface area contributed by atoms with Crippen molar-refractivity contribution in [1.29, 1.82) is 0 Å². The molecule has 0 saturated heterocycles. The average Bonchev–Trinajstić information content (AvgIpc) is 3.13. The van der Waals surface area contributed by atoms with Crippen LogP contribution < -0.4 is 0 Å². The first kappa shape index (κ1) is 15.8. The molecule has 5 heteroatoms. The second-order valence-corrected chi connectivity index (χ2v) is 6.79. The summed E-state index contributed by atoms with van der Waals surface area (Å²) in [7, 11) is 0. The second-order valence-electron chi connectivity index (χ2n) is 5.87. The highest BCUT2D eigenvalue weighted by molar-refractivity contribution is 9.10. The summed E-state index contributed by atoms with van der Waals surface area (Å²) in [5, 5.41) is 0. The van der Waals surface area contributed by atoms with Gasteiger partial charge in [-0.25, -0.2) is 4.98 Å².